The Labute approximate surface area is 179 Å². The fourth-order valence-corrected chi connectivity index (χ4v) is 3.75. The third kappa shape index (κ3) is 5.74. The van der Waals surface area contributed by atoms with Gasteiger partial charge in [0.25, 0.3) is 0 Å². The molecule has 0 aliphatic rings. The molecule has 152 valence electrons. The molecule has 29 heavy (non-hydrogen) atoms. The number of amides is 1. The number of ether oxygens (including phenoxy) is 1. The summed E-state index contributed by atoms with van der Waals surface area (Å²) in [7, 11) is 1.86. The summed E-state index contributed by atoms with van der Waals surface area (Å²) in [6.45, 7) is 3.86. The third-order valence-corrected chi connectivity index (χ3v) is 5.61. The van der Waals surface area contributed by atoms with Crippen molar-refractivity contribution in [3.63, 3.8) is 0 Å². The molecule has 3 rings (SSSR count). The predicted molar refractivity (Wildman–Crippen MR) is 115 cm³/mol. The van der Waals surface area contributed by atoms with E-state index in [2.05, 4.69) is 15.5 Å². The van der Waals surface area contributed by atoms with Gasteiger partial charge < -0.3 is 14.6 Å². The molecule has 6 nitrogen and oxygen atoms in total. The van der Waals surface area contributed by atoms with Crippen molar-refractivity contribution in [2.75, 3.05) is 5.75 Å². The van der Waals surface area contributed by atoms with Gasteiger partial charge in [0.2, 0.25) is 5.91 Å². The Bertz CT molecular complexity index is 964. The molecule has 0 bridgehead atoms. The van der Waals surface area contributed by atoms with Crippen molar-refractivity contribution >= 4 is 29.3 Å². The highest BCUT2D eigenvalue weighted by Crippen LogP contribution is 2.25. The largest absolute Gasteiger partial charge is 0.483 e. The monoisotopic (exact) mass is 430 g/mol. The second-order valence-electron chi connectivity index (χ2n) is 6.61. The van der Waals surface area contributed by atoms with Gasteiger partial charge in [-0.1, -0.05) is 59.8 Å². The molecule has 0 saturated heterocycles. The first-order valence-electron chi connectivity index (χ1n) is 9.22. The van der Waals surface area contributed by atoms with Crippen LogP contribution in [0.5, 0.6) is 5.75 Å². The van der Waals surface area contributed by atoms with E-state index >= 15 is 0 Å². The number of hydrogen-bond donors (Lipinski definition) is 1. The maximum absolute atomic E-state index is 12.3. The summed E-state index contributed by atoms with van der Waals surface area (Å²) in [5.74, 6) is 1.54. The number of thioether (sulfide) groups is 1. The van der Waals surface area contributed by atoms with Crippen LogP contribution < -0.4 is 10.1 Å². The molecule has 0 aliphatic carbocycles. The van der Waals surface area contributed by atoms with Crippen molar-refractivity contribution in [3.8, 4) is 5.75 Å². The number of benzene rings is 2. The van der Waals surface area contributed by atoms with Gasteiger partial charge in [0.05, 0.1) is 11.8 Å². The predicted octanol–water partition coefficient (Wildman–Crippen LogP) is 4.58. The highest BCUT2D eigenvalue weighted by atomic mass is 35.5. The summed E-state index contributed by atoms with van der Waals surface area (Å²) >= 11 is 7.34. The van der Waals surface area contributed by atoms with E-state index in [4.69, 9.17) is 16.3 Å². The van der Waals surface area contributed by atoms with Crippen molar-refractivity contribution < 1.29 is 9.53 Å². The van der Waals surface area contributed by atoms with Gasteiger partial charge in [-0.05, 0) is 37.6 Å². The Morgan fingerprint density at radius 3 is 2.66 bits per heavy atom. The Morgan fingerprint density at radius 1 is 1.17 bits per heavy atom. The summed E-state index contributed by atoms with van der Waals surface area (Å²) in [5.41, 5.74) is 1.07. The van der Waals surface area contributed by atoms with Crippen LogP contribution in [0, 0.1) is 0 Å². The number of aromatic nitrogens is 3. The molecular formula is C21H23ClN4O2S. The lowest BCUT2D eigenvalue weighted by Crippen LogP contribution is -2.28. The minimum atomic E-state index is -0.313. The number of carbonyl (C=O) groups excluding carboxylic acids is 1. The maximum atomic E-state index is 12.3. The number of carbonyl (C=O) groups is 1. The Balaban J connectivity index is 1.55. The minimum absolute atomic E-state index is 0.0505. The van der Waals surface area contributed by atoms with Crippen molar-refractivity contribution in [1.82, 2.24) is 20.1 Å². The standard InChI is InChI=1S/C21H23ClN4O2S/c1-14(16-8-5-4-6-9-16)23-19(27)13-29-21-25-24-20(26(21)3)15(2)28-18-11-7-10-17(22)12-18/h4-12,14-15H,13H2,1-3H3,(H,23,27). The van der Waals surface area contributed by atoms with Crippen LogP contribution in [0.4, 0.5) is 0 Å². The van der Waals surface area contributed by atoms with E-state index in [1.54, 1.807) is 12.1 Å². The Hall–Kier alpha value is -2.51. The summed E-state index contributed by atoms with van der Waals surface area (Å²) < 4.78 is 7.75. The zero-order valence-corrected chi connectivity index (χ0v) is 18.1. The molecule has 8 heteroatoms. The van der Waals surface area contributed by atoms with Gasteiger partial charge in [0.1, 0.15) is 5.75 Å². The molecule has 3 aromatic rings. The fourth-order valence-electron chi connectivity index (χ4n) is 2.84. The average molecular weight is 431 g/mol. The molecule has 0 saturated carbocycles. The van der Waals surface area contributed by atoms with Gasteiger partial charge in [0, 0.05) is 12.1 Å². The van der Waals surface area contributed by atoms with E-state index in [0.717, 1.165) is 5.56 Å². The van der Waals surface area contributed by atoms with Crippen LogP contribution in [-0.4, -0.2) is 26.4 Å². The molecule has 1 aromatic heterocycles. The lowest BCUT2D eigenvalue weighted by Gasteiger charge is -2.15. The van der Waals surface area contributed by atoms with Crippen LogP contribution in [0.25, 0.3) is 0 Å². The van der Waals surface area contributed by atoms with Crippen LogP contribution >= 0.6 is 23.4 Å². The molecule has 1 amide bonds. The molecule has 2 aromatic carbocycles. The first-order chi connectivity index (χ1) is 13.9. The molecular weight excluding hydrogens is 408 g/mol. The van der Waals surface area contributed by atoms with Crippen molar-refractivity contribution in [2.24, 2.45) is 7.05 Å². The summed E-state index contributed by atoms with van der Waals surface area (Å²) in [4.78, 5) is 12.3. The van der Waals surface area contributed by atoms with E-state index < -0.39 is 0 Å². The molecule has 2 unspecified atom stereocenters. The van der Waals surface area contributed by atoms with Crippen molar-refractivity contribution in [3.05, 3.63) is 71.0 Å². The lowest BCUT2D eigenvalue weighted by molar-refractivity contribution is -0.119. The normalized spacial score (nSPS) is 13.0. The number of hydrogen-bond acceptors (Lipinski definition) is 5. The van der Waals surface area contributed by atoms with Gasteiger partial charge >= 0.3 is 0 Å². The number of nitrogens with zero attached hydrogens (tertiary/aromatic N) is 3. The van der Waals surface area contributed by atoms with Crippen LogP contribution in [0.3, 0.4) is 0 Å². The summed E-state index contributed by atoms with van der Waals surface area (Å²) in [6.07, 6.45) is -0.313. The minimum Gasteiger partial charge on any atom is -0.483 e. The second-order valence-corrected chi connectivity index (χ2v) is 7.98. The van der Waals surface area contributed by atoms with Crippen molar-refractivity contribution in [2.45, 2.75) is 31.1 Å². The van der Waals surface area contributed by atoms with Crippen molar-refractivity contribution in [1.29, 1.82) is 0 Å². The highest BCUT2D eigenvalue weighted by Gasteiger charge is 2.18. The average Bonchev–Trinajstić information content (AvgIpc) is 3.07. The first-order valence-corrected chi connectivity index (χ1v) is 10.6. The van der Waals surface area contributed by atoms with Crippen LogP contribution in [0.2, 0.25) is 5.02 Å². The van der Waals surface area contributed by atoms with Gasteiger partial charge in [-0.15, -0.1) is 10.2 Å². The second kappa shape index (κ2) is 9.80. The number of rotatable bonds is 8. The van der Waals surface area contributed by atoms with E-state index in [-0.39, 0.29) is 23.8 Å². The fraction of sp³-hybridized carbons (Fsp3) is 0.286. The molecule has 2 atom stereocenters. The Morgan fingerprint density at radius 2 is 1.93 bits per heavy atom. The Kier molecular flexibility index (Phi) is 7.17. The summed E-state index contributed by atoms with van der Waals surface area (Å²) in [5, 5.41) is 12.7. The van der Waals surface area contributed by atoms with E-state index in [1.807, 2.05) is 67.9 Å². The third-order valence-electron chi connectivity index (χ3n) is 4.35. The van der Waals surface area contributed by atoms with E-state index in [9.17, 15) is 4.79 Å². The molecule has 1 heterocycles. The van der Waals surface area contributed by atoms with Crippen LogP contribution in [-0.2, 0) is 11.8 Å². The number of nitrogens with one attached hydrogen (secondary N) is 1. The maximum Gasteiger partial charge on any atom is 0.230 e. The smallest absolute Gasteiger partial charge is 0.230 e. The van der Waals surface area contributed by atoms with Gasteiger partial charge in [-0.3, -0.25) is 4.79 Å². The number of halogens is 1. The van der Waals surface area contributed by atoms with Gasteiger partial charge in [-0.2, -0.15) is 0 Å². The van der Waals surface area contributed by atoms with Crippen LogP contribution in [0.1, 0.15) is 37.4 Å². The zero-order chi connectivity index (χ0) is 20.8. The molecule has 0 fully saturated rings. The molecule has 0 aliphatic heterocycles. The molecule has 1 N–H and O–H groups in total. The first kappa shape index (κ1) is 21.2. The highest BCUT2D eigenvalue weighted by molar-refractivity contribution is 7.99. The molecule has 0 spiro atoms. The quantitative estimate of drug-likeness (QED) is 0.530. The topological polar surface area (TPSA) is 69.0 Å². The zero-order valence-electron chi connectivity index (χ0n) is 16.5. The van der Waals surface area contributed by atoms with Gasteiger partial charge in [-0.25, -0.2) is 0 Å². The summed E-state index contributed by atoms with van der Waals surface area (Å²) in [6, 6.07) is 17.0. The van der Waals surface area contributed by atoms with E-state index in [1.165, 1.54) is 11.8 Å². The molecule has 0 radical (unpaired) electrons. The van der Waals surface area contributed by atoms with Crippen LogP contribution in [0.15, 0.2) is 59.8 Å². The van der Waals surface area contributed by atoms with E-state index in [0.29, 0.717) is 21.8 Å². The van der Waals surface area contributed by atoms with Gasteiger partial charge in [0.15, 0.2) is 17.1 Å². The lowest BCUT2D eigenvalue weighted by atomic mass is 10.1. The SMILES string of the molecule is CC(NC(=O)CSc1nnc(C(C)Oc2cccc(Cl)c2)n1C)c1ccccc1.